The molecule has 1 saturated carbocycles. The van der Waals surface area contributed by atoms with Crippen molar-refractivity contribution in [2.75, 3.05) is 0 Å². The molecule has 2 aromatic carbocycles. The molecule has 2 N–H and O–H groups in total. The number of hydrogen-bond acceptors (Lipinski definition) is 2. The molecule has 0 heterocycles. The van der Waals surface area contributed by atoms with Gasteiger partial charge in [-0.25, -0.2) is 0 Å². The van der Waals surface area contributed by atoms with Gasteiger partial charge in [0.2, 0.25) is 0 Å². The fraction of sp³-hybridized carbons (Fsp3) is 0.538. The van der Waals surface area contributed by atoms with Crippen molar-refractivity contribution in [3.05, 3.63) is 65.2 Å². The van der Waals surface area contributed by atoms with Gasteiger partial charge in [0.1, 0.15) is 5.75 Å². The molecule has 2 atom stereocenters. The van der Waals surface area contributed by atoms with Crippen LogP contribution in [-0.4, -0.2) is 10.2 Å². The Bertz CT molecular complexity index is 746. The van der Waals surface area contributed by atoms with E-state index in [0.29, 0.717) is 11.7 Å². The van der Waals surface area contributed by atoms with Crippen LogP contribution in [0, 0.1) is 11.8 Å². The lowest BCUT2D eigenvalue weighted by Crippen LogP contribution is -2.17. The van der Waals surface area contributed by atoms with E-state index in [-0.39, 0.29) is 6.10 Å². The minimum Gasteiger partial charge on any atom is -0.508 e. The summed E-state index contributed by atoms with van der Waals surface area (Å²) in [5, 5.41) is 20.5. The van der Waals surface area contributed by atoms with Gasteiger partial charge in [0.15, 0.2) is 0 Å². The summed E-state index contributed by atoms with van der Waals surface area (Å²) >= 11 is 0. The largest absolute Gasteiger partial charge is 0.508 e. The Balaban J connectivity index is 1.27. The van der Waals surface area contributed by atoms with Gasteiger partial charge in [-0.1, -0.05) is 55.7 Å². The van der Waals surface area contributed by atoms with Crippen LogP contribution >= 0.6 is 0 Å². The van der Waals surface area contributed by atoms with E-state index in [4.69, 9.17) is 0 Å². The van der Waals surface area contributed by atoms with Gasteiger partial charge in [-0.2, -0.15) is 0 Å². The van der Waals surface area contributed by atoms with Crippen molar-refractivity contribution in [1.82, 2.24) is 0 Å². The van der Waals surface area contributed by atoms with Crippen LogP contribution in [0.4, 0.5) is 0 Å². The van der Waals surface area contributed by atoms with E-state index in [2.05, 4.69) is 30.3 Å². The highest BCUT2D eigenvalue weighted by Crippen LogP contribution is 2.40. The zero-order valence-corrected chi connectivity index (χ0v) is 16.9. The molecule has 28 heavy (non-hydrogen) atoms. The van der Waals surface area contributed by atoms with Crippen LogP contribution in [0.25, 0.3) is 0 Å². The average molecular weight is 379 g/mol. The van der Waals surface area contributed by atoms with Gasteiger partial charge in [-0.3, -0.25) is 0 Å². The van der Waals surface area contributed by atoms with Crippen molar-refractivity contribution < 1.29 is 10.2 Å². The number of rotatable bonds is 4. The number of fused-ring (bicyclic) bond motifs is 1. The van der Waals surface area contributed by atoms with Crippen LogP contribution in [0.3, 0.4) is 0 Å². The molecule has 150 valence electrons. The van der Waals surface area contributed by atoms with Crippen LogP contribution < -0.4 is 0 Å². The monoisotopic (exact) mass is 378 g/mol. The first-order valence-corrected chi connectivity index (χ1v) is 11.2. The number of benzene rings is 2. The zero-order valence-electron chi connectivity index (χ0n) is 16.9. The summed E-state index contributed by atoms with van der Waals surface area (Å²) in [6, 6.07) is 16.5. The Hall–Kier alpha value is -1.80. The standard InChI is InChI=1S/C26H34O2/c27-24-15-16-25-23(18-24)8-4-5-20(17-26(25)28)10-9-19-11-13-22(14-12-19)21-6-2-1-3-7-21/h1-3,6-7,15-16,18-20,22,26-28H,4-5,8-14,17H2. The molecule has 0 aliphatic heterocycles. The molecule has 0 bridgehead atoms. The van der Waals surface area contributed by atoms with Gasteiger partial charge in [-0.15, -0.1) is 0 Å². The van der Waals surface area contributed by atoms with Crippen molar-refractivity contribution in [2.24, 2.45) is 11.8 Å². The van der Waals surface area contributed by atoms with E-state index in [1.807, 2.05) is 12.1 Å². The summed E-state index contributed by atoms with van der Waals surface area (Å²) in [5.74, 6) is 2.57. The highest BCUT2D eigenvalue weighted by molar-refractivity contribution is 5.36. The molecule has 0 saturated heterocycles. The second-order valence-electron chi connectivity index (χ2n) is 9.10. The number of aromatic hydroxyl groups is 1. The fourth-order valence-corrected chi connectivity index (χ4v) is 5.52. The molecule has 2 aliphatic rings. The van der Waals surface area contributed by atoms with E-state index in [1.165, 1.54) is 50.5 Å². The average Bonchev–Trinajstić information content (AvgIpc) is 2.72. The second kappa shape index (κ2) is 9.13. The molecule has 0 amide bonds. The number of hydrogen-bond donors (Lipinski definition) is 2. The molecule has 2 heteroatoms. The molecule has 2 unspecified atom stereocenters. The summed E-state index contributed by atoms with van der Waals surface area (Å²) in [5.41, 5.74) is 3.69. The van der Waals surface area contributed by atoms with Gasteiger partial charge in [-0.05, 0) is 91.5 Å². The number of aryl methyl sites for hydroxylation is 1. The van der Waals surface area contributed by atoms with Crippen LogP contribution in [0.15, 0.2) is 48.5 Å². The highest BCUT2D eigenvalue weighted by Gasteiger charge is 2.25. The molecule has 0 spiro atoms. The second-order valence-corrected chi connectivity index (χ2v) is 9.10. The van der Waals surface area contributed by atoms with E-state index in [1.54, 1.807) is 6.07 Å². The summed E-state index contributed by atoms with van der Waals surface area (Å²) in [6.45, 7) is 0. The smallest absolute Gasteiger partial charge is 0.115 e. The Morgan fingerprint density at radius 3 is 2.36 bits per heavy atom. The minimum atomic E-state index is -0.380. The molecular weight excluding hydrogens is 344 g/mol. The van der Waals surface area contributed by atoms with Crippen LogP contribution in [0.1, 0.15) is 86.5 Å². The molecule has 0 aromatic heterocycles. The van der Waals surface area contributed by atoms with Gasteiger partial charge < -0.3 is 10.2 Å². The molecule has 2 nitrogen and oxygen atoms in total. The predicted octanol–water partition coefficient (Wildman–Crippen LogP) is 6.52. The molecule has 2 aliphatic carbocycles. The summed E-state index contributed by atoms with van der Waals surface area (Å²) in [6.07, 6.45) is 11.8. The van der Waals surface area contributed by atoms with Crippen molar-refractivity contribution in [3.8, 4) is 5.75 Å². The first-order chi connectivity index (χ1) is 13.7. The van der Waals surface area contributed by atoms with Crippen molar-refractivity contribution in [1.29, 1.82) is 0 Å². The van der Waals surface area contributed by atoms with Gasteiger partial charge in [0, 0.05) is 0 Å². The Kier molecular flexibility index (Phi) is 6.36. The van der Waals surface area contributed by atoms with Crippen LogP contribution in [0.2, 0.25) is 0 Å². The lowest BCUT2D eigenvalue weighted by Gasteiger charge is -2.31. The van der Waals surface area contributed by atoms with Crippen LogP contribution in [0.5, 0.6) is 5.75 Å². The van der Waals surface area contributed by atoms with E-state index >= 15 is 0 Å². The molecule has 4 rings (SSSR count). The number of phenols is 1. The number of aliphatic hydroxyl groups excluding tert-OH is 1. The lowest BCUT2D eigenvalue weighted by molar-refractivity contribution is 0.129. The maximum atomic E-state index is 10.7. The molecular formula is C26H34O2. The summed E-state index contributed by atoms with van der Waals surface area (Å²) in [7, 11) is 0. The maximum Gasteiger partial charge on any atom is 0.115 e. The summed E-state index contributed by atoms with van der Waals surface area (Å²) < 4.78 is 0. The first kappa shape index (κ1) is 19.5. The quantitative estimate of drug-likeness (QED) is 0.635. The van der Waals surface area contributed by atoms with Gasteiger partial charge >= 0.3 is 0 Å². The van der Waals surface area contributed by atoms with Crippen molar-refractivity contribution in [2.45, 2.75) is 76.2 Å². The predicted molar refractivity (Wildman–Crippen MR) is 114 cm³/mol. The Morgan fingerprint density at radius 1 is 0.821 bits per heavy atom. The van der Waals surface area contributed by atoms with Crippen molar-refractivity contribution >= 4 is 0 Å². The first-order valence-electron chi connectivity index (χ1n) is 11.2. The molecule has 1 fully saturated rings. The molecule has 0 radical (unpaired) electrons. The highest BCUT2D eigenvalue weighted by atomic mass is 16.3. The van der Waals surface area contributed by atoms with Gasteiger partial charge in [0.25, 0.3) is 0 Å². The minimum absolute atomic E-state index is 0.314. The Labute approximate surface area is 169 Å². The zero-order chi connectivity index (χ0) is 19.3. The maximum absolute atomic E-state index is 10.7. The topological polar surface area (TPSA) is 40.5 Å². The van der Waals surface area contributed by atoms with E-state index in [9.17, 15) is 10.2 Å². The van der Waals surface area contributed by atoms with Crippen LogP contribution in [-0.2, 0) is 6.42 Å². The number of aliphatic hydroxyl groups is 1. The lowest BCUT2D eigenvalue weighted by atomic mass is 9.75. The molecule has 2 aromatic rings. The normalized spacial score (nSPS) is 28.2. The third-order valence-corrected chi connectivity index (χ3v) is 7.20. The summed E-state index contributed by atoms with van der Waals surface area (Å²) in [4.78, 5) is 0. The third kappa shape index (κ3) is 4.78. The fourth-order valence-electron chi connectivity index (χ4n) is 5.52. The van der Waals surface area contributed by atoms with Crippen molar-refractivity contribution in [3.63, 3.8) is 0 Å². The number of phenolic OH excluding ortho intramolecular Hbond substituents is 1. The van der Waals surface area contributed by atoms with Gasteiger partial charge in [0.05, 0.1) is 6.10 Å². The van der Waals surface area contributed by atoms with E-state index in [0.717, 1.165) is 42.2 Å². The Morgan fingerprint density at radius 2 is 1.57 bits per heavy atom. The third-order valence-electron chi connectivity index (χ3n) is 7.20. The van der Waals surface area contributed by atoms with E-state index < -0.39 is 0 Å². The SMILES string of the molecule is Oc1ccc2c(c1)CCCC(CCC1CCC(c3ccccc3)CC1)CC2O.